The van der Waals surface area contributed by atoms with E-state index in [-0.39, 0.29) is 10.4 Å². The monoisotopic (exact) mass is 512 g/mol. The average Bonchev–Trinajstić information content (AvgIpc) is 3.56. The second kappa shape index (κ2) is 10.2. The number of benzene rings is 1. The molecule has 5 aromatic rings. The van der Waals surface area contributed by atoms with E-state index in [1.54, 1.807) is 29.9 Å². The molecule has 35 heavy (non-hydrogen) atoms. The molecule has 0 N–H and O–H groups in total. The van der Waals surface area contributed by atoms with Crippen molar-refractivity contribution in [2.75, 3.05) is 0 Å². The Balaban J connectivity index is 0.000000177. The quantitative estimate of drug-likeness (QED) is 0.152. The number of carbonyl (C=O) groups excluding carboxylic acids is 3. The Morgan fingerprint density at radius 1 is 0.771 bits per heavy atom. The maximum absolute atomic E-state index is 12.2. The third kappa shape index (κ3) is 5.50. The molecule has 5 nitrogen and oxygen atoms in total. The van der Waals surface area contributed by atoms with Gasteiger partial charge in [0.05, 0.1) is 27.2 Å². The molecule has 0 spiro atoms. The highest BCUT2D eigenvalue weighted by molar-refractivity contribution is 7.13. The molecule has 0 aliphatic heterocycles. The van der Waals surface area contributed by atoms with Crippen LogP contribution in [0.5, 0.6) is 0 Å². The topological polar surface area (TPSA) is 77.0 Å². The Hall–Kier alpha value is -3.76. The van der Waals surface area contributed by atoms with Gasteiger partial charge in [0.15, 0.2) is 5.78 Å². The second-order valence-corrected chi connectivity index (χ2v) is 9.07. The summed E-state index contributed by atoms with van der Waals surface area (Å²) in [6, 6.07) is 16.7. The van der Waals surface area contributed by atoms with Crippen LogP contribution in [-0.2, 0) is 4.79 Å². The number of carbonyl (C=O) groups is 3. The van der Waals surface area contributed by atoms with Gasteiger partial charge >= 0.3 is 6.18 Å². The Morgan fingerprint density at radius 2 is 1.40 bits per heavy atom. The number of aromatic nitrogens is 2. The van der Waals surface area contributed by atoms with Crippen LogP contribution in [0.2, 0.25) is 0 Å². The molecule has 0 saturated heterocycles. The minimum atomic E-state index is -5.05. The van der Waals surface area contributed by atoms with E-state index < -0.39 is 29.9 Å². The van der Waals surface area contributed by atoms with Gasteiger partial charge in [-0.15, -0.1) is 22.7 Å². The Morgan fingerprint density at radius 3 is 1.94 bits per heavy atom. The maximum atomic E-state index is 12.2. The van der Waals surface area contributed by atoms with E-state index in [1.165, 1.54) is 11.4 Å². The molecular formula is C25H15F3N2O3S2. The lowest BCUT2D eigenvalue weighted by atomic mass is 10.1. The van der Waals surface area contributed by atoms with Gasteiger partial charge in [0.25, 0.3) is 0 Å². The van der Waals surface area contributed by atoms with Crippen molar-refractivity contribution in [3.8, 4) is 0 Å². The van der Waals surface area contributed by atoms with Crippen molar-refractivity contribution in [1.82, 2.24) is 9.97 Å². The first kappa shape index (κ1) is 24.4. The van der Waals surface area contributed by atoms with E-state index in [9.17, 15) is 27.6 Å². The zero-order valence-corrected chi connectivity index (χ0v) is 19.4. The summed E-state index contributed by atoms with van der Waals surface area (Å²) in [7, 11) is 0. The number of Topliss-reactive ketones (excluding diaryl/α,β-unsaturated/α-hetero) is 2. The van der Waals surface area contributed by atoms with Crippen LogP contribution < -0.4 is 0 Å². The highest BCUT2D eigenvalue weighted by atomic mass is 32.1. The molecule has 176 valence electrons. The zero-order valence-electron chi connectivity index (χ0n) is 17.8. The minimum absolute atomic E-state index is 0.0300. The van der Waals surface area contributed by atoms with Gasteiger partial charge in [0.2, 0.25) is 11.6 Å². The fourth-order valence-corrected chi connectivity index (χ4v) is 4.76. The van der Waals surface area contributed by atoms with Gasteiger partial charge in [-0.1, -0.05) is 30.3 Å². The van der Waals surface area contributed by atoms with E-state index in [0.717, 1.165) is 44.5 Å². The molecule has 0 fully saturated rings. The Labute approximate surface area is 204 Å². The van der Waals surface area contributed by atoms with E-state index in [0.29, 0.717) is 4.88 Å². The molecule has 0 aliphatic rings. The summed E-state index contributed by atoms with van der Waals surface area (Å²) in [5, 5.41) is 5.39. The number of pyridine rings is 2. The summed E-state index contributed by atoms with van der Waals surface area (Å²) >= 11 is 2.02. The number of fused-ring (bicyclic) bond motifs is 3. The number of hydrogen-bond donors (Lipinski definition) is 0. The van der Waals surface area contributed by atoms with E-state index in [2.05, 4.69) is 34.2 Å². The van der Waals surface area contributed by atoms with Crippen LogP contribution in [-0.4, -0.2) is 33.5 Å². The third-order valence-electron chi connectivity index (χ3n) is 4.89. The van der Waals surface area contributed by atoms with Crippen LogP contribution in [0.25, 0.3) is 21.8 Å². The zero-order chi connectivity index (χ0) is 25.0. The van der Waals surface area contributed by atoms with Crippen molar-refractivity contribution in [3.05, 3.63) is 93.1 Å². The number of rotatable bonds is 5. The predicted octanol–water partition coefficient (Wildman–Crippen LogP) is 6.53. The lowest BCUT2D eigenvalue weighted by Crippen LogP contribution is -2.25. The molecule has 4 aromatic heterocycles. The standard InChI is InChI=1S/C13H7F3O3S2.C12H8N2/c14-13(15,16)10(18)6-8(17)12-7(3-5-21-12)11(19)9-2-1-4-20-9;1-3-9-5-6-10-4-2-8-14-12(10)11(9)13-7-1/h1-5H,6H2;1-8H. The third-order valence-corrected chi connectivity index (χ3v) is 6.71. The molecule has 0 aliphatic carbocycles. The van der Waals surface area contributed by atoms with Gasteiger partial charge < -0.3 is 0 Å². The fraction of sp³-hybridized carbons (Fsp3) is 0.0800. The van der Waals surface area contributed by atoms with Gasteiger partial charge in [-0.05, 0) is 35.0 Å². The molecule has 5 rings (SSSR count). The summed E-state index contributed by atoms with van der Waals surface area (Å²) in [5.74, 6) is -3.54. The van der Waals surface area contributed by atoms with E-state index in [4.69, 9.17) is 0 Å². The van der Waals surface area contributed by atoms with Gasteiger partial charge in [0.1, 0.15) is 0 Å². The molecule has 0 unspecified atom stereocenters. The van der Waals surface area contributed by atoms with Crippen LogP contribution >= 0.6 is 22.7 Å². The van der Waals surface area contributed by atoms with Crippen molar-refractivity contribution in [2.45, 2.75) is 12.6 Å². The first-order valence-electron chi connectivity index (χ1n) is 10.1. The molecule has 0 saturated carbocycles. The van der Waals surface area contributed by atoms with Gasteiger partial charge in [-0.25, -0.2) is 0 Å². The smallest absolute Gasteiger partial charge is 0.293 e. The summed E-state index contributed by atoms with van der Waals surface area (Å²) in [4.78, 5) is 43.7. The van der Waals surface area contributed by atoms with Crippen LogP contribution in [0.4, 0.5) is 13.2 Å². The van der Waals surface area contributed by atoms with Crippen molar-refractivity contribution >= 4 is 61.8 Å². The van der Waals surface area contributed by atoms with Crippen molar-refractivity contribution in [1.29, 1.82) is 0 Å². The van der Waals surface area contributed by atoms with Crippen molar-refractivity contribution in [2.24, 2.45) is 0 Å². The molecule has 0 amide bonds. The first-order chi connectivity index (χ1) is 16.8. The number of nitrogens with zero attached hydrogens (tertiary/aromatic N) is 2. The number of alkyl halides is 3. The summed E-state index contributed by atoms with van der Waals surface area (Å²) in [6.45, 7) is 0. The number of thiophene rings is 2. The Bertz CT molecular complexity index is 1470. The van der Waals surface area contributed by atoms with Crippen LogP contribution in [0.1, 0.15) is 31.3 Å². The maximum Gasteiger partial charge on any atom is 0.450 e. The highest BCUT2D eigenvalue weighted by Crippen LogP contribution is 2.26. The number of ketones is 3. The largest absolute Gasteiger partial charge is 0.450 e. The van der Waals surface area contributed by atoms with E-state index in [1.807, 2.05) is 12.1 Å². The van der Waals surface area contributed by atoms with E-state index >= 15 is 0 Å². The molecule has 4 heterocycles. The highest BCUT2D eigenvalue weighted by Gasteiger charge is 2.39. The van der Waals surface area contributed by atoms with Crippen LogP contribution in [0, 0.1) is 0 Å². The Kier molecular flexibility index (Phi) is 7.13. The minimum Gasteiger partial charge on any atom is -0.293 e. The molecule has 0 radical (unpaired) electrons. The van der Waals surface area contributed by atoms with Gasteiger partial charge in [0, 0.05) is 28.7 Å². The molecule has 10 heteroatoms. The lowest BCUT2D eigenvalue weighted by Gasteiger charge is -2.04. The van der Waals surface area contributed by atoms with Gasteiger partial charge in [-0.3, -0.25) is 24.4 Å². The molecule has 1 aromatic carbocycles. The second-order valence-electron chi connectivity index (χ2n) is 7.21. The molecular weight excluding hydrogens is 497 g/mol. The number of hydrogen-bond acceptors (Lipinski definition) is 7. The van der Waals surface area contributed by atoms with Crippen LogP contribution in [0.15, 0.2) is 77.8 Å². The predicted molar refractivity (Wildman–Crippen MR) is 129 cm³/mol. The molecule has 0 atom stereocenters. The van der Waals surface area contributed by atoms with Crippen LogP contribution in [0.3, 0.4) is 0 Å². The average molecular weight is 513 g/mol. The summed E-state index contributed by atoms with van der Waals surface area (Å²) in [5.41, 5.74) is 1.98. The van der Waals surface area contributed by atoms with Gasteiger partial charge in [-0.2, -0.15) is 13.2 Å². The van der Waals surface area contributed by atoms with Crippen molar-refractivity contribution in [3.63, 3.8) is 0 Å². The number of halogens is 3. The summed E-state index contributed by atoms with van der Waals surface area (Å²) in [6.07, 6.45) is -2.73. The SMILES string of the molecule is O=C(c1cccs1)c1ccsc1C(=O)CC(=O)C(F)(F)F.c1cnc2c(c1)ccc1cccnc12. The van der Waals surface area contributed by atoms with Crippen molar-refractivity contribution < 1.29 is 27.6 Å². The lowest BCUT2D eigenvalue weighted by molar-refractivity contribution is -0.170. The molecule has 0 bridgehead atoms. The fourth-order valence-electron chi connectivity index (χ4n) is 3.25. The first-order valence-corrected chi connectivity index (χ1v) is 11.9. The normalized spacial score (nSPS) is 11.2. The summed E-state index contributed by atoms with van der Waals surface area (Å²) < 4.78 is 36.5.